The molecule has 114 valence electrons. The number of hydrogen-bond donors (Lipinski definition) is 1. The van der Waals surface area contributed by atoms with Gasteiger partial charge in [-0.25, -0.2) is 4.98 Å². The fourth-order valence-electron chi connectivity index (χ4n) is 3.50. The van der Waals surface area contributed by atoms with Crippen molar-refractivity contribution in [3.05, 3.63) is 30.1 Å². The van der Waals surface area contributed by atoms with Crippen molar-refractivity contribution in [2.24, 2.45) is 11.7 Å². The Kier molecular flexibility index (Phi) is 4.44. The average Bonchev–Trinajstić information content (AvgIpc) is 2.88. The second-order valence-electron chi connectivity index (χ2n) is 6.07. The van der Waals surface area contributed by atoms with Crippen LogP contribution < -0.4 is 10.6 Å². The summed E-state index contributed by atoms with van der Waals surface area (Å²) in [6.45, 7) is 5.22. The second-order valence-corrected chi connectivity index (χ2v) is 6.07. The molecule has 1 fully saturated rings. The normalized spacial score (nSPS) is 16.8. The fraction of sp³-hybridized carbons (Fsp3) is 0.588. The number of piperidine rings is 1. The van der Waals surface area contributed by atoms with Crippen molar-refractivity contribution in [3.63, 3.8) is 0 Å². The van der Waals surface area contributed by atoms with Crippen molar-refractivity contribution >= 4 is 11.5 Å². The number of aromatic nitrogens is 2. The molecule has 1 saturated heterocycles. The molecule has 0 saturated carbocycles. The summed E-state index contributed by atoms with van der Waals surface area (Å²) in [4.78, 5) is 7.32. The van der Waals surface area contributed by atoms with Crippen LogP contribution in [0.25, 0.3) is 5.65 Å². The van der Waals surface area contributed by atoms with Gasteiger partial charge in [-0.3, -0.25) is 0 Å². The van der Waals surface area contributed by atoms with Gasteiger partial charge in [-0.05, 0) is 37.4 Å². The number of hydrogen-bond acceptors (Lipinski definition) is 3. The maximum Gasteiger partial charge on any atom is 0.151 e. The molecule has 0 spiro atoms. The lowest BCUT2D eigenvalue weighted by Crippen LogP contribution is -2.34. The van der Waals surface area contributed by atoms with E-state index in [2.05, 4.69) is 34.6 Å². The van der Waals surface area contributed by atoms with Crippen LogP contribution in [-0.2, 0) is 6.42 Å². The molecule has 1 aliphatic heterocycles. The molecule has 2 aromatic rings. The summed E-state index contributed by atoms with van der Waals surface area (Å²) in [5.74, 6) is 2.06. The molecule has 2 aromatic heterocycles. The van der Waals surface area contributed by atoms with Crippen LogP contribution in [0.3, 0.4) is 0 Å². The lowest BCUT2D eigenvalue weighted by molar-refractivity contribution is 0.377. The summed E-state index contributed by atoms with van der Waals surface area (Å²) in [6, 6.07) is 6.19. The van der Waals surface area contributed by atoms with E-state index in [9.17, 15) is 0 Å². The number of imidazole rings is 1. The molecule has 0 aliphatic carbocycles. The third-order valence-electron chi connectivity index (χ3n) is 4.60. The molecule has 4 heteroatoms. The smallest absolute Gasteiger partial charge is 0.151 e. The zero-order chi connectivity index (χ0) is 14.7. The molecule has 0 amide bonds. The van der Waals surface area contributed by atoms with Gasteiger partial charge >= 0.3 is 0 Å². The number of nitrogens with two attached hydrogens (primary N) is 1. The van der Waals surface area contributed by atoms with Crippen LogP contribution in [0.1, 0.15) is 38.3 Å². The van der Waals surface area contributed by atoms with Gasteiger partial charge in [0.1, 0.15) is 5.65 Å². The fourth-order valence-corrected chi connectivity index (χ4v) is 3.50. The van der Waals surface area contributed by atoms with E-state index in [1.54, 1.807) is 0 Å². The second kappa shape index (κ2) is 6.48. The van der Waals surface area contributed by atoms with Crippen molar-refractivity contribution < 1.29 is 0 Å². The number of nitrogens with zero attached hydrogens (tertiary/aromatic N) is 3. The Balaban J connectivity index is 1.85. The maximum absolute atomic E-state index is 5.81. The van der Waals surface area contributed by atoms with Crippen LogP contribution in [0.4, 0.5) is 5.82 Å². The van der Waals surface area contributed by atoms with Crippen LogP contribution in [-0.4, -0.2) is 29.0 Å². The number of pyridine rings is 1. The predicted octanol–water partition coefficient (Wildman–Crippen LogP) is 2.85. The van der Waals surface area contributed by atoms with Gasteiger partial charge in [0.25, 0.3) is 0 Å². The van der Waals surface area contributed by atoms with Crippen molar-refractivity contribution in [1.82, 2.24) is 9.38 Å². The molecular formula is C17H26N4. The summed E-state index contributed by atoms with van der Waals surface area (Å²) in [5.41, 5.74) is 8.11. The van der Waals surface area contributed by atoms with Crippen molar-refractivity contribution in [1.29, 1.82) is 0 Å². The maximum atomic E-state index is 5.81. The molecule has 2 N–H and O–H groups in total. The minimum absolute atomic E-state index is 0.669. The van der Waals surface area contributed by atoms with E-state index < -0.39 is 0 Å². The minimum atomic E-state index is 0.669. The lowest BCUT2D eigenvalue weighted by atomic mass is 9.92. The van der Waals surface area contributed by atoms with Crippen molar-refractivity contribution in [2.45, 2.75) is 39.0 Å². The highest BCUT2D eigenvalue weighted by Gasteiger charge is 2.23. The Morgan fingerprint density at radius 2 is 2.10 bits per heavy atom. The van der Waals surface area contributed by atoms with Gasteiger partial charge in [-0.15, -0.1) is 0 Å². The highest BCUT2D eigenvalue weighted by atomic mass is 15.2. The Morgan fingerprint density at radius 1 is 1.29 bits per heavy atom. The molecular weight excluding hydrogens is 260 g/mol. The zero-order valence-corrected chi connectivity index (χ0v) is 13.0. The van der Waals surface area contributed by atoms with Crippen LogP contribution >= 0.6 is 0 Å². The van der Waals surface area contributed by atoms with Crippen LogP contribution in [0, 0.1) is 5.92 Å². The molecule has 3 rings (SSSR count). The highest BCUT2D eigenvalue weighted by molar-refractivity contribution is 5.56. The van der Waals surface area contributed by atoms with Gasteiger partial charge in [0, 0.05) is 25.7 Å². The number of fused-ring (bicyclic) bond motifs is 1. The first kappa shape index (κ1) is 14.4. The summed E-state index contributed by atoms with van der Waals surface area (Å²) in [6.07, 6.45) is 8.25. The van der Waals surface area contributed by atoms with E-state index in [1.165, 1.54) is 31.4 Å². The van der Waals surface area contributed by atoms with E-state index in [0.717, 1.165) is 36.9 Å². The van der Waals surface area contributed by atoms with Gasteiger partial charge in [-0.1, -0.05) is 25.8 Å². The lowest BCUT2D eigenvalue weighted by Gasteiger charge is -2.32. The highest BCUT2D eigenvalue weighted by Crippen LogP contribution is 2.28. The summed E-state index contributed by atoms with van der Waals surface area (Å²) >= 11 is 0. The third-order valence-corrected chi connectivity index (χ3v) is 4.60. The van der Waals surface area contributed by atoms with E-state index in [-0.39, 0.29) is 0 Å². The molecule has 4 nitrogen and oxygen atoms in total. The molecule has 0 radical (unpaired) electrons. The van der Waals surface area contributed by atoms with Gasteiger partial charge < -0.3 is 15.0 Å². The Morgan fingerprint density at radius 3 is 2.81 bits per heavy atom. The number of rotatable bonds is 5. The molecule has 21 heavy (non-hydrogen) atoms. The van der Waals surface area contributed by atoms with Crippen molar-refractivity contribution in [2.75, 3.05) is 24.5 Å². The SMILES string of the molecule is CCCC1CCN(c2nc3ccccn3c2CCN)CC1. The summed E-state index contributed by atoms with van der Waals surface area (Å²) in [5, 5.41) is 0. The first-order valence-corrected chi connectivity index (χ1v) is 8.24. The van der Waals surface area contributed by atoms with E-state index in [0.29, 0.717) is 6.54 Å². The molecule has 0 unspecified atom stereocenters. The average molecular weight is 286 g/mol. The molecule has 0 atom stereocenters. The predicted molar refractivity (Wildman–Crippen MR) is 87.8 cm³/mol. The van der Waals surface area contributed by atoms with E-state index >= 15 is 0 Å². The molecule has 1 aliphatic rings. The molecule has 0 bridgehead atoms. The Hall–Kier alpha value is -1.55. The third kappa shape index (κ3) is 2.91. The van der Waals surface area contributed by atoms with Crippen LogP contribution in [0.5, 0.6) is 0 Å². The number of anilines is 1. The minimum Gasteiger partial charge on any atom is -0.355 e. The van der Waals surface area contributed by atoms with Gasteiger partial charge in [-0.2, -0.15) is 0 Å². The quantitative estimate of drug-likeness (QED) is 0.919. The topological polar surface area (TPSA) is 46.6 Å². The van der Waals surface area contributed by atoms with Gasteiger partial charge in [0.2, 0.25) is 0 Å². The monoisotopic (exact) mass is 286 g/mol. The standard InChI is InChI=1S/C17H26N4/c1-2-5-14-8-12-20(13-9-14)17-15(7-10-18)21-11-4-3-6-16(21)19-17/h3-4,6,11,14H,2,5,7-10,12-13,18H2,1H3. The van der Waals surface area contributed by atoms with Crippen molar-refractivity contribution in [3.8, 4) is 0 Å². The Bertz CT molecular complexity index is 581. The first-order valence-electron chi connectivity index (χ1n) is 8.24. The van der Waals surface area contributed by atoms with Crippen LogP contribution in [0.2, 0.25) is 0 Å². The van der Waals surface area contributed by atoms with E-state index in [4.69, 9.17) is 10.7 Å². The largest absolute Gasteiger partial charge is 0.355 e. The molecule has 0 aromatic carbocycles. The van der Waals surface area contributed by atoms with Gasteiger partial charge in [0.15, 0.2) is 5.82 Å². The Labute approximate surface area is 127 Å². The van der Waals surface area contributed by atoms with E-state index in [1.807, 2.05) is 6.07 Å². The summed E-state index contributed by atoms with van der Waals surface area (Å²) < 4.78 is 2.19. The zero-order valence-electron chi connectivity index (χ0n) is 13.0. The van der Waals surface area contributed by atoms with Gasteiger partial charge in [0.05, 0.1) is 5.69 Å². The first-order chi connectivity index (χ1) is 10.3. The summed E-state index contributed by atoms with van der Waals surface area (Å²) in [7, 11) is 0. The van der Waals surface area contributed by atoms with Crippen LogP contribution in [0.15, 0.2) is 24.4 Å². The molecule has 3 heterocycles.